The van der Waals surface area contributed by atoms with Gasteiger partial charge in [-0.3, -0.25) is 9.20 Å². The Bertz CT molecular complexity index is 735. The summed E-state index contributed by atoms with van der Waals surface area (Å²) in [6, 6.07) is 8.13. The summed E-state index contributed by atoms with van der Waals surface area (Å²) in [4.78, 5) is 31.1. The Labute approximate surface area is 114 Å². The van der Waals surface area contributed by atoms with Crippen molar-refractivity contribution < 1.29 is 33.0 Å². The number of pyridine rings is 2. The van der Waals surface area contributed by atoms with Crippen LogP contribution in [0.2, 0.25) is 0 Å². The molecule has 0 unspecified atom stereocenters. The molecule has 0 radical (unpaired) electrons. The van der Waals surface area contributed by atoms with Gasteiger partial charge in [-0.25, -0.2) is 9.59 Å². The van der Waals surface area contributed by atoms with Crippen molar-refractivity contribution in [1.29, 1.82) is 0 Å². The molecule has 2 aromatic heterocycles. The smallest absolute Gasteiger partial charge is 0.477 e. The van der Waals surface area contributed by atoms with Crippen LogP contribution in [0.5, 0.6) is 0 Å². The summed E-state index contributed by atoms with van der Waals surface area (Å²) in [7, 11) is 0. The third-order valence-corrected chi connectivity index (χ3v) is 2.23. The number of carboxylic acids is 2. The average molecular weight is 303 g/mol. The van der Waals surface area contributed by atoms with E-state index in [0.717, 1.165) is 0 Å². The highest BCUT2D eigenvalue weighted by Gasteiger charge is 2.38. The number of carbonyl (C=O) groups is 2. The third kappa shape index (κ3) is 4.06. The molecule has 2 aromatic rings. The molecule has 6 nitrogen and oxygen atoms in total. The van der Waals surface area contributed by atoms with Crippen molar-refractivity contribution in [2.75, 3.05) is 0 Å². The van der Waals surface area contributed by atoms with Gasteiger partial charge in [0, 0.05) is 11.7 Å². The van der Waals surface area contributed by atoms with E-state index in [9.17, 15) is 22.8 Å². The van der Waals surface area contributed by atoms with Crippen LogP contribution in [0.15, 0.2) is 41.3 Å². The van der Waals surface area contributed by atoms with Crippen LogP contribution in [0.3, 0.4) is 0 Å². The van der Waals surface area contributed by atoms with Crippen LogP contribution in [0.25, 0.3) is 5.52 Å². The molecule has 9 heteroatoms. The van der Waals surface area contributed by atoms with Crippen molar-refractivity contribution in [2.24, 2.45) is 0 Å². The van der Waals surface area contributed by atoms with Gasteiger partial charge in [0.1, 0.15) is 5.56 Å². The normalized spacial score (nSPS) is 10.6. The number of hydrogen-bond acceptors (Lipinski definition) is 3. The van der Waals surface area contributed by atoms with E-state index >= 15 is 0 Å². The van der Waals surface area contributed by atoms with Gasteiger partial charge in [-0.2, -0.15) is 13.2 Å². The van der Waals surface area contributed by atoms with Crippen LogP contribution in [-0.4, -0.2) is 32.7 Å². The van der Waals surface area contributed by atoms with Crippen LogP contribution in [-0.2, 0) is 4.79 Å². The van der Waals surface area contributed by atoms with Crippen LogP contribution >= 0.6 is 0 Å². The molecule has 0 aliphatic rings. The fourth-order valence-corrected chi connectivity index (χ4v) is 1.31. The molecule has 2 heterocycles. The molecular formula is C12H8F3NO5. The summed E-state index contributed by atoms with van der Waals surface area (Å²) in [5.41, 5.74) is -0.0354. The first-order valence-electron chi connectivity index (χ1n) is 5.28. The highest BCUT2D eigenvalue weighted by molar-refractivity contribution is 5.87. The first kappa shape index (κ1) is 16.2. The van der Waals surface area contributed by atoms with E-state index in [4.69, 9.17) is 15.0 Å². The Balaban J connectivity index is 0.000000270. The van der Waals surface area contributed by atoms with Crippen LogP contribution < -0.4 is 5.56 Å². The summed E-state index contributed by atoms with van der Waals surface area (Å²) in [6.45, 7) is 0. The summed E-state index contributed by atoms with van der Waals surface area (Å²) in [6.07, 6.45) is -3.54. The first-order valence-corrected chi connectivity index (χ1v) is 5.28. The van der Waals surface area contributed by atoms with E-state index < -0.39 is 23.7 Å². The van der Waals surface area contributed by atoms with E-state index in [-0.39, 0.29) is 5.56 Å². The molecule has 0 amide bonds. The number of aromatic carboxylic acids is 1. The van der Waals surface area contributed by atoms with Gasteiger partial charge in [-0.15, -0.1) is 0 Å². The lowest BCUT2D eigenvalue weighted by Gasteiger charge is -2.00. The maximum absolute atomic E-state index is 11.6. The second-order valence-electron chi connectivity index (χ2n) is 3.66. The number of carboxylic acid groups (broad SMARTS) is 2. The van der Waals surface area contributed by atoms with Gasteiger partial charge < -0.3 is 10.2 Å². The number of alkyl halides is 3. The molecule has 0 saturated heterocycles. The Morgan fingerprint density at radius 3 is 2.10 bits per heavy atom. The number of aliphatic carboxylic acids is 1. The zero-order valence-corrected chi connectivity index (χ0v) is 10.2. The van der Waals surface area contributed by atoms with Crippen LogP contribution in [0, 0.1) is 0 Å². The van der Waals surface area contributed by atoms with Gasteiger partial charge in [0.05, 0.1) is 0 Å². The van der Waals surface area contributed by atoms with Gasteiger partial charge >= 0.3 is 18.1 Å². The first-order chi connectivity index (χ1) is 9.64. The Morgan fingerprint density at radius 1 is 1.05 bits per heavy atom. The standard InChI is InChI=1S/C10H7NO3.C2HF3O2/c12-9-8(10(13)14)5-4-7-3-1-2-6-11(7)9;3-2(4,5)1(6)7/h1-6H,(H,13,14);(H,6,7). The fraction of sp³-hybridized carbons (Fsp3) is 0.0833. The zero-order chi connectivity index (χ0) is 16.2. The van der Waals surface area contributed by atoms with E-state index in [0.29, 0.717) is 5.52 Å². The topological polar surface area (TPSA) is 96.1 Å². The van der Waals surface area contributed by atoms with E-state index in [1.54, 1.807) is 30.5 Å². The predicted molar refractivity (Wildman–Crippen MR) is 64.3 cm³/mol. The monoisotopic (exact) mass is 303 g/mol. The molecule has 112 valence electrons. The van der Waals surface area contributed by atoms with Gasteiger partial charge in [-0.1, -0.05) is 6.07 Å². The SMILES string of the molecule is O=C(O)C(F)(F)F.O=C(O)c1ccc2ccccn2c1=O. The van der Waals surface area contributed by atoms with Gasteiger partial charge in [0.25, 0.3) is 5.56 Å². The molecule has 2 N–H and O–H groups in total. The molecule has 0 aromatic carbocycles. The highest BCUT2D eigenvalue weighted by Crippen LogP contribution is 2.13. The number of nitrogens with zero attached hydrogens (tertiary/aromatic N) is 1. The molecular weight excluding hydrogens is 295 g/mol. The van der Waals surface area contributed by atoms with Gasteiger partial charge in [0.2, 0.25) is 0 Å². The molecule has 0 fully saturated rings. The maximum atomic E-state index is 11.6. The van der Waals surface area contributed by atoms with E-state index in [1.807, 2.05) is 0 Å². The van der Waals surface area contributed by atoms with Crippen molar-refractivity contribution in [3.63, 3.8) is 0 Å². The van der Waals surface area contributed by atoms with Crippen molar-refractivity contribution in [3.8, 4) is 0 Å². The van der Waals surface area contributed by atoms with Crippen molar-refractivity contribution in [1.82, 2.24) is 4.40 Å². The third-order valence-electron chi connectivity index (χ3n) is 2.23. The molecule has 0 aliphatic heterocycles. The minimum Gasteiger partial charge on any atom is -0.477 e. The lowest BCUT2D eigenvalue weighted by atomic mass is 10.2. The molecule has 0 bridgehead atoms. The fourth-order valence-electron chi connectivity index (χ4n) is 1.31. The molecule has 21 heavy (non-hydrogen) atoms. The Kier molecular flexibility index (Phi) is 4.69. The van der Waals surface area contributed by atoms with E-state index in [1.165, 1.54) is 10.5 Å². The minimum atomic E-state index is -5.08. The minimum absolute atomic E-state index is 0.214. The summed E-state index contributed by atoms with van der Waals surface area (Å²) in [5, 5.41) is 15.8. The molecule has 2 rings (SSSR count). The quantitative estimate of drug-likeness (QED) is 0.834. The number of hydrogen-bond donors (Lipinski definition) is 2. The number of aromatic nitrogens is 1. The molecule has 0 aliphatic carbocycles. The summed E-state index contributed by atoms with van der Waals surface area (Å²) < 4.78 is 33.0. The van der Waals surface area contributed by atoms with Crippen LogP contribution in [0.4, 0.5) is 13.2 Å². The van der Waals surface area contributed by atoms with Gasteiger partial charge in [-0.05, 0) is 24.3 Å². The van der Waals surface area contributed by atoms with Crippen molar-refractivity contribution in [2.45, 2.75) is 6.18 Å². The number of fused-ring (bicyclic) bond motifs is 1. The largest absolute Gasteiger partial charge is 0.490 e. The second-order valence-corrected chi connectivity index (χ2v) is 3.66. The lowest BCUT2D eigenvalue weighted by molar-refractivity contribution is -0.192. The number of halogens is 3. The van der Waals surface area contributed by atoms with Crippen LogP contribution in [0.1, 0.15) is 10.4 Å². The molecule has 0 spiro atoms. The molecule has 0 atom stereocenters. The van der Waals surface area contributed by atoms with Crippen molar-refractivity contribution >= 4 is 17.5 Å². The Hall–Kier alpha value is -2.84. The highest BCUT2D eigenvalue weighted by atomic mass is 19.4. The summed E-state index contributed by atoms with van der Waals surface area (Å²) >= 11 is 0. The zero-order valence-electron chi connectivity index (χ0n) is 10.2. The average Bonchev–Trinajstić information content (AvgIpc) is 2.38. The van der Waals surface area contributed by atoms with Gasteiger partial charge in [0.15, 0.2) is 0 Å². The van der Waals surface area contributed by atoms with Crippen molar-refractivity contribution in [3.05, 3.63) is 52.4 Å². The lowest BCUT2D eigenvalue weighted by Crippen LogP contribution is -2.21. The number of rotatable bonds is 1. The molecule has 0 saturated carbocycles. The second kappa shape index (κ2) is 6.07. The van der Waals surface area contributed by atoms with E-state index in [2.05, 4.69) is 0 Å². The Morgan fingerprint density at radius 2 is 1.62 bits per heavy atom. The predicted octanol–water partition coefficient (Wildman–Crippen LogP) is 1.63. The summed E-state index contributed by atoms with van der Waals surface area (Å²) in [5.74, 6) is -3.96. The maximum Gasteiger partial charge on any atom is 0.490 e.